The number of allylic oxidation sites excluding steroid dienone is 2. The predicted molar refractivity (Wildman–Crippen MR) is 106 cm³/mol. The van der Waals surface area contributed by atoms with E-state index in [1.807, 2.05) is 0 Å². The molecule has 1 atom stereocenters. The molecular weight excluding hydrogens is 327 g/mol. The van der Waals surface area contributed by atoms with Crippen LogP contribution in [0.2, 0.25) is 0 Å². The highest BCUT2D eigenvalue weighted by Crippen LogP contribution is 2.32. The van der Waals surface area contributed by atoms with Gasteiger partial charge in [0, 0.05) is 25.1 Å². The molecule has 5 heteroatoms. The van der Waals surface area contributed by atoms with E-state index in [4.69, 9.17) is 10.7 Å². The van der Waals surface area contributed by atoms with Crippen molar-refractivity contribution in [3.63, 3.8) is 0 Å². The molecule has 0 aromatic carbocycles. The third-order valence-electron chi connectivity index (χ3n) is 5.58. The molecule has 1 saturated heterocycles. The second-order valence-electron chi connectivity index (χ2n) is 7.74. The third kappa shape index (κ3) is 5.03. The van der Waals surface area contributed by atoms with E-state index >= 15 is 0 Å². The summed E-state index contributed by atoms with van der Waals surface area (Å²) in [5.41, 5.74) is 9.73. The van der Waals surface area contributed by atoms with E-state index in [1.165, 1.54) is 31.3 Å². The molecule has 0 radical (unpaired) electrons. The van der Waals surface area contributed by atoms with Gasteiger partial charge >= 0.3 is 0 Å². The van der Waals surface area contributed by atoms with Crippen molar-refractivity contribution in [3.05, 3.63) is 23.2 Å². The van der Waals surface area contributed by atoms with E-state index in [0.717, 1.165) is 68.7 Å². The molecule has 2 heterocycles. The molecule has 1 aliphatic heterocycles. The van der Waals surface area contributed by atoms with Crippen molar-refractivity contribution < 1.29 is 4.39 Å². The van der Waals surface area contributed by atoms with Crippen molar-refractivity contribution in [2.75, 3.05) is 25.4 Å². The largest absolute Gasteiger partial charge is 0.383 e. The average molecular weight is 361 g/mol. The van der Waals surface area contributed by atoms with Gasteiger partial charge in [-0.05, 0) is 50.6 Å². The number of rotatable bonds is 10. The lowest BCUT2D eigenvalue weighted by atomic mass is 10.0. The van der Waals surface area contributed by atoms with Crippen molar-refractivity contribution in [2.24, 2.45) is 0 Å². The Bertz CT molecular complexity index is 629. The summed E-state index contributed by atoms with van der Waals surface area (Å²) < 4.78 is 13.2. The molecule has 2 N–H and O–H groups in total. The van der Waals surface area contributed by atoms with Gasteiger partial charge in [0.15, 0.2) is 0 Å². The molecule has 0 saturated carbocycles. The van der Waals surface area contributed by atoms with Crippen LogP contribution in [0.1, 0.15) is 75.4 Å². The van der Waals surface area contributed by atoms with Gasteiger partial charge in [-0.25, -0.2) is 14.4 Å². The van der Waals surface area contributed by atoms with Crippen LogP contribution in [0.15, 0.2) is 6.08 Å². The lowest BCUT2D eigenvalue weighted by Gasteiger charge is -2.14. The molecule has 144 valence electrons. The minimum absolute atomic E-state index is 0.596. The number of likely N-dealkylation sites (tertiary alicyclic amines) is 1. The number of hydrogen-bond acceptors (Lipinski definition) is 4. The summed E-state index contributed by atoms with van der Waals surface area (Å²) in [7, 11) is 0. The van der Waals surface area contributed by atoms with E-state index in [-0.39, 0.29) is 0 Å². The number of halogens is 1. The highest BCUT2D eigenvalue weighted by Gasteiger charge is 2.21. The highest BCUT2D eigenvalue weighted by molar-refractivity contribution is 5.73. The fraction of sp³-hybridized carbons (Fsp3) is 0.714. The summed E-state index contributed by atoms with van der Waals surface area (Å²) in [5, 5.41) is 0. The van der Waals surface area contributed by atoms with Gasteiger partial charge in [0.2, 0.25) is 0 Å². The number of nitrogens with zero attached hydrogens (tertiary/aromatic N) is 3. The topological polar surface area (TPSA) is 55.0 Å². The van der Waals surface area contributed by atoms with Crippen LogP contribution < -0.4 is 5.73 Å². The first-order chi connectivity index (χ1) is 12.7. The van der Waals surface area contributed by atoms with Crippen LogP contribution in [-0.2, 0) is 12.8 Å². The SMILES string of the molecule is CCCCc1nc(N)c2c(n1)C(CCCCCCN1CC[C@@H](F)C1)=CC2. The van der Waals surface area contributed by atoms with Crippen LogP contribution in [0.4, 0.5) is 10.2 Å². The molecule has 0 unspecified atom stereocenters. The van der Waals surface area contributed by atoms with Gasteiger partial charge in [-0.1, -0.05) is 32.3 Å². The van der Waals surface area contributed by atoms with Gasteiger partial charge < -0.3 is 10.6 Å². The zero-order valence-electron chi connectivity index (χ0n) is 16.1. The number of aromatic nitrogens is 2. The first-order valence-corrected chi connectivity index (χ1v) is 10.4. The van der Waals surface area contributed by atoms with Gasteiger partial charge in [0.25, 0.3) is 0 Å². The molecule has 1 fully saturated rings. The summed E-state index contributed by atoms with van der Waals surface area (Å²) in [5.74, 6) is 1.57. The Hall–Kier alpha value is -1.49. The smallest absolute Gasteiger partial charge is 0.131 e. The van der Waals surface area contributed by atoms with E-state index in [1.54, 1.807) is 0 Å². The predicted octanol–water partition coefficient (Wildman–Crippen LogP) is 4.34. The van der Waals surface area contributed by atoms with Crippen molar-refractivity contribution in [3.8, 4) is 0 Å². The molecule has 0 spiro atoms. The summed E-state index contributed by atoms with van der Waals surface area (Å²) in [6, 6.07) is 0. The second-order valence-corrected chi connectivity index (χ2v) is 7.74. The Morgan fingerprint density at radius 2 is 2.00 bits per heavy atom. The third-order valence-corrected chi connectivity index (χ3v) is 5.58. The van der Waals surface area contributed by atoms with Crippen molar-refractivity contribution in [1.82, 2.24) is 14.9 Å². The van der Waals surface area contributed by atoms with Crippen molar-refractivity contribution in [1.29, 1.82) is 0 Å². The van der Waals surface area contributed by atoms with Gasteiger partial charge in [-0.2, -0.15) is 0 Å². The molecule has 1 aliphatic carbocycles. The standard InChI is InChI=1S/C21H33FN4/c1-2-3-9-19-24-20-16(10-11-18(20)21(23)25-19)8-6-4-5-7-13-26-14-12-17(22)15-26/h10,17H,2-9,11-15H2,1H3,(H2,23,24,25)/t17-/m1/s1. The number of hydrogen-bond donors (Lipinski definition) is 1. The summed E-state index contributed by atoms with van der Waals surface area (Å²) in [4.78, 5) is 11.6. The number of alkyl halides is 1. The average Bonchev–Trinajstić information content (AvgIpc) is 3.22. The van der Waals surface area contributed by atoms with Crippen LogP contribution in [0.5, 0.6) is 0 Å². The van der Waals surface area contributed by atoms with E-state index < -0.39 is 6.17 Å². The molecule has 0 amide bonds. The Morgan fingerprint density at radius 3 is 2.77 bits per heavy atom. The van der Waals surface area contributed by atoms with E-state index in [9.17, 15) is 4.39 Å². The number of aryl methyl sites for hydroxylation is 1. The van der Waals surface area contributed by atoms with Gasteiger partial charge in [0.1, 0.15) is 17.8 Å². The molecule has 26 heavy (non-hydrogen) atoms. The Morgan fingerprint density at radius 1 is 1.15 bits per heavy atom. The summed E-state index contributed by atoms with van der Waals surface area (Å²) >= 11 is 0. The quantitative estimate of drug-likeness (QED) is 0.631. The highest BCUT2D eigenvalue weighted by atomic mass is 19.1. The van der Waals surface area contributed by atoms with Crippen LogP contribution in [0, 0.1) is 0 Å². The molecular formula is C21H33FN4. The Labute approximate surface area is 157 Å². The van der Waals surface area contributed by atoms with Crippen molar-refractivity contribution in [2.45, 2.75) is 77.3 Å². The molecule has 3 rings (SSSR count). The first-order valence-electron chi connectivity index (χ1n) is 10.4. The fourth-order valence-corrected chi connectivity index (χ4v) is 4.00. The number of fused-ring (bicyclic) bond motifs is 1. The molecule has 1 aromatic rings. The van der Waals surface area contributed by atoms with Crippen molar-refractivity contribution >= 4 is 11.4 Å². The first kappa shape index (κ1) is 19.3. The number of anilines is 1. The minimum Gasteiger partial charge on any atom is -0.383 e. The van der Waals surface area contributed by atoms with E-state index in [2.05, 4.69) is 22.9 Å². The molecule has 0 bridgehead atoms. The maximum atomic E-state index is 13.2. The van der Waals surface area contributed by atoms with Crippen LogP contribution >= 0.6 is 0 Å². The van der Waals surface area contributed by atoms with Gasteiger partial charge in [0.05, 0.1) is 5.69 Å². The monoisotopic (exact) mass is 360 g/mol. The zero-order chi connectivity index (χ0) is 18.4. The van der Waals surface area contributed by atoms with Crippen LogP contribution in [0.25, 0.3) is 5.57 Å². The Balaban J connectivity index is 1.41. The number of nitrogen functional groups attached to an aromatic ring is 1. The second kappa shape index (κ2) is 9.45. The molecule has 2 aliphatic rings. The molecule has 4 nitrogen and oxygen atoms in total. The van der Waals surface area contributed by atoms with Crippen LogP contribution in [-0.4, -0.2) is 40.7 Å². The fourth-order valence-electron chi connectivity index (χ4n) is 4.00. The van der Waals surface area contributed by atoms with Crippen LogP contribution in [0.3, 0.4) is 0 Å². The van der Waals surface area contributed by atoms with Gasteiger partial charge in [-0.3, -0.25) is 0 Å². The lowest BCUT2D eigenvalue weighted by Crippen LogP contribution is -2.22. The van der Waals surface area contributed by atoms with E-state index in [0.29, 0.717) is 12.4 Å². The summed E-state index contributed by atoms with van der Waals surface area (Å²) in [6.45, 7) is 4.82. The lowest BCUT2D eigenvalue weighted by molar-refractivity contribution is 0.283. The number of unbranched alkanes of at least 4 members (excludes halogenated alkanes) is 4. The summed E-state index contributed by atoms with van der Waals surface area (Å²) in [6.07, 6.45) is 12.3. The minimum atomic E-state index is -0.596. The van der Waals surface area contributed by atoms with Gasteiger partial charge in [-0.15, -0.1) is 0 Å². The maximum absolute atomic E-state index is 13.2. The molecule has 1 aromatic heterocycles. The Kier molecular flexibility index (Phi) is 7.00. The normalized spacial score (nSPS) is 19.8. The number of nitrogens with two attached hydrogens (primary N) is 1. The zero-order valence-corrected chi connectivity index (χ0v) is 16.1. The maximum Gasteiger partial charge on any atom is 0.131 e.